The fraction of sp³-hybridized carbons (Fsp3) is 0.692. The lowest BCUT2D eigenvalue weighted by Gasteiger charge is -2.37. The van der Waals surface area contributed by atoms with Crippen LogP contribution in [0.25, 0.3) is 0 Å². The van der Waals surface area contributed by atoms with Crippen molar-refractivity contribution in [2.75, 3.05) is 6.54 Å². The van der Waals surface area contributed by atoms with Gasteiger partial charge in [0.25, 0.3) is 0 Å². The Morgan fingerprint density at radius 1 is 1.33 bits per heavy atom. The Morgan fingerprint density at radius 2 is 2.00 bits per heavy atom. The van der Waals surface area contributed by atoms with E-state index in [9.17, 15) is 14.7 Å². The van der Waals surface area contributed by atoms with E-state index >= 15 is 0 Å². The van der Waals surface area contributed by atoms with E-state index in [2.05, 4.69) is 5.32 Å². The molecule has 18 heavy (non-hydrogen) atoms. The van der Waals surface area contributed by atoms with Gasteiger partial charge in [-0.15, -0.1) is 0 Å². The van der Waals surface area contributed by atoms with Crippen LogP contribution in [-0.2, 0) is 4.79 Å². The molecule has 2 amide bonds. The highest BCUT2D eigenvalue weighted by molar-refractivity contribution is 5.83. The molecule has 0 aromatic heterocycles. The molecule has 1 heterocycles. The normalized spacial score (nSPS) is 28.4. The molecule has 0 bridgehead atoms. The molecular weight excluding hydrogens is 232 g/mol. The molecule has 100 valence electrons. The van der Waals surface area contributed by atoms with Crippen molar-refractivity contribution in [3.63, 3.8) is 0 Å². The van der Waals surface area contributed by atoms with Gasteiger partial charge in [0.15, 0.2) is 0 Å². The van der Waals surface area contributed by atoms with Gasteiger partial charge in [0.2, 0.25) is 0 Å². The number of nitrogens with zero attached hydrogens (tertiary/aromatic N) is 1. The number of carbonyl (C=O) groups excluding carboxylic acids is 1. The zero-order valence-electron chi connectivity index (χ0n) is 10.6. The van der Waals surface area contributed by atoms with Crippen LogP contribution in [0.15, 0.2) is 12.2 Å². The van der Waals surface area contributed by atoms with Crippen LogP contribution in [0.3, 0.4) is 0 Å². The number of carbonyl (C=O) groups is 2. The fourth-order valence-corrected chi connectivity index (χ4v) is 2.78. The van der Waals surface area contributed by atoms with Crippen LogP contribution in [0.4, 0.5) is 4.79 Å². The van der Waals surface area contributed by atoms with Crippen LogP contribution in [0, 0.1) is 5.92 Å². The van der Waals surface area contributed by atoms with Crippen molar-refractivity contribution in [3.8, 4) is 0 Å². The maximum Gasteiger partial charge on any atom is 0.326 e. The summed E-state index contributed by atoms with van der Waals surface area (Å²) in [4.78, 5) is 24.9. The Labute approximate surface area is 107 Å². The second-order valence-corrected chi connectivity index (χ2v) is 5.19. The molecule has 0 radical (unpaired) electrons. The van der Waals surface area contributed by atoms with Gasteiger partial charge in [-0.05, 0) is 31.6 Å². The molecule has 0 aromatic carbocycles. The summed E-state index contributed by atoms with van der Waals surface area (Å²) < 4.78 is 0. The first kappa shape index (κ1) is 12.9. The number of aliphatic carboxylic acids is 1. The summed E-state index contributed by atoms with van der Waals surface area (Å²) in [6.45, 7) is 2.43. The molecule has 5 nitrogen and oxygen atoms in total. The summed E-state index contributed by atoms with van der Waals surface area (Å²) in [5.41, 5.74) is 0. The largest absolute Gasteiger partial charge is 0.480 e. The number of piperidine rings is 1. The number of hydrogen-bond acceptors (Lipinski definition) is 2. The minimum atomic E-state index is -0.901. The summed E-state index contributed by atoms with van der Waals surface area (Å²) in [5, 5.41) is 12.2. The van der Waals surface area contributed by atoms with E-state index in [1.807, 2.05) is 19.1 Å². The highest BCUT2D eigenvalue weighted by atomic mass is 16.4. The maximum atomic E-state index is 12.1. The van der Waals surface area contributed by atoms with E-state index in [4.69, 9.17) is 0 Å². The molecule has 1 fully saturated rings. The smallest absolute Gasteiger partial charge is 0.326 e. The predicted octanol–water partition coefficient (Wildman–Crippen LogP) is 1.60. The molecular formula is C13H20N2O3. The van der Waals surface area contributed by atoms with E-state index < -0.39 is 12.0 Å². The Morgan fingerprint density at radius 3 is 2.61 bits per heavy atom. The van der Waals surface area contributed by atoms with Gasteiger partial charge in [-0.1, -0.05) is 19.1 Å². The minimum Gasteiger partial charge on any atom is -0.480 e. The topological polar surface area (TPSA) is 69.6 Å². The predicted molar refractivity (Wildman–Crippen MR) is 67.2 cm³/mol. The van der Waals surface area contributed by atoms with Gasteiger partial charge in [-0.25, -0.2) is 9.59 Å². The molecule has 2 aliphatic rings. The molecule has 2 rings (SSSR count). The number of rotatable bonds is 2. The molecule has 0 spiro atoms. The molecule has 1 saturated heterocycles. The van der Waals surface area contributed by atoms with Crippen LogP contribution in [0.2, 0.25) is 0 Å². The van der Waals surface area contributed by atoms with Crippen LogP contribution in [0.1, 0.15) is 32.6 Å². The molecule has 2 N–H and O–H groups in total. The first-order valence-electron chi connectivity index (χ1n) is 6.54. The lowest BCUT2D eigenvalue weighted by atomic mass is 9.91. The summed E-state index contributed by atoms with van der Waals surface area (Å²) in [6.07, 6.45) is 7.50. The molecule has 2 atom stereocenters. The number of carboxylic acid groups (broad SMARTS) is 1. The van der Waals surface area contributed by atoms with Crippen molar-refractivity contribution in [1.82, 2.24) is 10.2 Å². The third-order valence-electron chi connectivity index (χ3n) is 3.78. The lowest BCUT2D eigenvalue weighted by molar-refractivity contribution is -0.145. The van der Waals surface area contributed by atoms with Crippen molar-refractivity contribution in [1.29, 1.82) is 0 Å². The molecule has 1 aliphatic carbocycles. The number of hydrogen-bond donors (Lipinski definition) is 2. The Balaban J connectivity index is 1.99. The highest BCUT2D eigenvalue weighted by Crippen LogP contribution is 2.24. The van der Waals surface area contributed by atoms with Crippen LogP contribution in [0.5, 0.6) is 0 Å². The summed E-state index contributed by atoms with van der Waals surface area (Å²) in [6, 6.07) is -0.792. The Bertz CT molecular complexity index is 359. The van der Waals surface area contributed by atoms with E-state index in [-0.39, 0.29) is 18.0 Å². The number of nitrogens with one attached hydrogen (secondary N) is 1. The van der Waals surface area contributed by atoms with Crippen molar-refractivity contribution in [3.05, 3.63) is 12.2 Å². The van der Waals surface area contributed by atoms with E-state index in [0.717, 1.165) is 25.7 Å². The van der Waals surface area contributed by atoms with Crippen LogP contribution < -0.4 is 5.32 Å². The molecule has 5 heteroatoms. The fourth-order valence-electron chi connectivity index (χ4n) is 2.78. The monoisotopic (exact) mass is 252 g/mol. The van der Waals surface area contributed by atoms with E-state index in [1.54, 1.807) is 0 Å². The quantitative estimate of drug-likeness (QED) is 0.733. The van der Waals surface area contributed by atoms with Crippen molar-refractivity contribution < 1.29 is 14.7 Å². The van der Waals surface area contributed by atoms with Crippen molar-refractivity contribution in [2.24, 2.45) is 5.92 Å². The molecule has 0 aromatic rings. The standard InChI is InChI=1S/C13H20N2O3/c1-9-5-4-8-15(11(9)12(16)17)13(18)14-10-6-2-3-7-10/h2-3,9-11H,4-8H2,1H3,(H,14,18)(H,16,17). The molecule has 2 unspecified atom stereocenters. The zero-order valence-corrected chi connectivity index (χ0v) is 10.6. The van der Waals surface area contributed by atoms with Gasteiger partial charge in [0.1, 0.15) is 6.04 Å². The molecule has 1 aliphatic heterocycles. The third-order valence-corrected chi connectivity index (χ3v) is 3.78. The van der Waals surface area contributed by atoms with Crippen molar-refractivity contribution in [2.45, 2.75) is 44.7 Å². The average Bonchev–Trinajstić information content (AvgIpc) is 2.80. The van der Waals surface area contributed by atoms with Gasteiger partial charge >= 0.3 is 12.0 Å². The Hall–Kier alpha value is -1.52. The van der Waals surface area contributed by atoms with Gasteiger partial charge in [-0.2, -0.15) is 0 Å². The second-order valence-electron chi connectivity index (χ2n) is 5.19. The first-order chi connectivity index (χ1) is 8.59. The molecule has 0 saturated carbocycles. The summed E-state index contributed by atoms with van der Waals surface area (Å²) >= 11 is 0. The van der Waals surface area contributed by atoms with Gasteiger partial charge in [0, 0.05) is 12.6 Å². The summed E-state index contributed by atoms with van der Waals surface area (Å²) in [7, 11) is 0. The summed E-state index contributed by atoms with van der Waals surface area (Å²) in [5.74, 6) is -0.884. The second kappa shape index (κ2) is 5.42. The van der Waals surface area contributed by atoms with E-state index in [1.165, 1.54) is 4.90 Å². The van der Waals surface area contributed by atoms with Gasteiger partial charge in [0.05, 0.1) is 0 Å². The Kier molecular flexibility index (Phi) is 3.89. The van der Waals surface area contributed by atoms with Crippen LogP contribution in [-0.4, -0.2) is 40.6 Å². The first-order valence-corrected chi connectivity index (χ1v) is 6.54. The van der Waals surface area contributed by atoms with Crippen molar-refractivity contribution >= 4 is 12.0 Å². The highest BCUT2D eigenvalue weighted by Gasteiger charge is 2.37. The zero-order chi connectivity index (χ0) is 13.1. The SMILES string of the molecule is CC1CCCN(C(=O)NC2CC=CC2)C1C(=O)O. The third kappa shape index (κ3) is 2.66. The minimum absolute atomic E-state index is 0.0173. The number of amides is 2. The number of likely N-dealkylation sites (tertiary alicyclic amines) is 1. The van der Waals surface area contributed by atoms with E-state index in [0.29, 0.717) is 6.54 Å². The van der Waals surface area contributed by atoms with Gasteiger partial charge < -0.3 is 15.3 Å². The average molecular weight is 252 g/mol. The number of carboxylic acids is 1. The maximum absolute atomic E-state index is 12.1. The van der Waals surface area contributed by atoms with Crippen LogP contribution >= 0.6 is 0 Å². The number of urea groups is 1. The van der Waals surface area contributed by atoms with Gasteiger partial charge in [-0.3, -0.25) is 0 Å². The lowest BCUT2D eigenvalue weighted by Crippen LogP contribution is -2.56.